The van der Waals surface area contributed by atoms with Gasteiger partial charge < -0.3 is 9.30 Å². The van der Waals surface area contributed by atoms with E-state index in [-0.39, 0.29) is 10.7 Å². The van der Waals surface area contributed by atoms with Gasteiger partial charge in [-0.25, -0.2) is 0 Å². The first-order chi connectivity index (χ1) is 13.9. The normalized spacial score (nSPS) is 12.1. The first-order valence-electron chi connectivity index (χ1n) is 8.17. The Morgan fingerprint density at radius 3 is 2.66 bits per heavy atom. The van der Waals surface area contributed by atoms with Crippen LogP contribution in [0.2, 0.25) is 0 Å². The summed E-state index contributed by atoms with van der Waals surface area (Å²) < 4.78 is 7.48. The third-order valence-corrected chi connectivity index (χ3v) is 5.83. The summed E-state index contributed by atoms with van der Waals surface area (Å²) in [5.74, 6) is -0.548. The summed E-state index contributed by atoms with van der Waals surface area (Å²) in [4.78, 5) is 38.0. The quantitative estimate of drug-likeness (QED) is 0.318. The Labute approximate surface area is 171 Å². The zero-order valence-corrected chi connectivity index (χ0v) is 16.6. The van der Waals surface area contributed by atoms with Crippen molar-refractivity contribution >= 4 is 55.6 Å². The van der Waals surface area contributed by atoms with Crippen LogP contribution in [-0.4, -0.2) is 34.0 Å². The Hall–Kier alpha value is -3.22. The minimum atomic E-state index is -0.548. The molecule has 0 atom stereocenters. The second kappa shape index (κ2) is 8.86. The minimum Gasteiger partial charge on any atom is -0.383 e. The molecule has 2 heterocycles. The summed E-state index contributed by atoms with van der Waals surface area (Å²) in [6.45, 7) is 0.792. The zero-order chi connectivity index (χ0) is 21.0. The molecule has 0 aliphatic heterocycles. The maximum Gasteiger partial charge on any atom is 0.324 e. The summed E-state index contributed by atoms with van der Waals surface area (Å²) in [6, 6.07) is 7.36. The van der Waals surface area contributed by atoms with Crippen molar-refractivity contribution < 1.29 is 19.4 Å². The van der Waals surface area contributed by atoms with Gasteiger partial charge in [0.25, 0.3) is 11.6 Å². The molecule has 0 bridgehead atoms. The summed E-state index contributed by atoms with van der Waals surface area (Å²) in [7, 11) is 1.55. The SMILES string of the molecule is COCCn1c(=NC(=O)/C=C\c2ccc([N+](=O)[O-])s2)sc2cc([N+](=O)[O-])ccc21. The van der Waals surface area contributed by atoms with Gasteiger partial charge in [-0.15, -0.1) is 0 Å². The molecule has 0 spiro atoms. The Morgan fingerprint density at radius 2 is 2.00 bits per heavy atom. The fourth-order valence-corrected chi connectivity index (χ4v) is 4.29. The highest BCUT2D eigenvalue weighted by molar-refractivity contribution is 7.16. The lowest BCUT2D eigenvalue weighted by Crippen LogP contribution is -2.18. The monoisotopic (exact) mass is 434 g/mol. The van der Waals surface area contributed by atoms with Crippen LogP contribution < -0.4 is 4.80 Å². The van der Waals surface area contributed by atoms with Gasteiger partial charge in [-0.3, -0.25) is 25.0 Å². The van der Waals surface area contributed by atoms with Crippen LogP contribution in [0, 0.1) is 20.2 Å². The van der Waals surface area contributed by atoms with E-state index in [0.29, 0.717) is 33.0 Å². The van der Waals surface area contributed by atoms with Gasteiger partial charge in [-0.1, -0.05) is 22.7 Å². The largest absolute Gasteiger partial charge is 0.383 e. The Balaban J connectivity index is 1.95. The number of hydrogen-bond donors (Lipinski definition) is 0. The molecule has 10 nitrogen and oxygen atoms in total. The third-order valence-electron chi connectivity index (χ3n) is 3.78. The Kier molecular flexibility index (Phi) is 6.26. The fourth-order valence-electron chi connectivity index (χ4n) is 2.47. The smallest absolute Gasteiger partial charge is 0.324 e. The standard InChI is InChI=1S/C17H14N4O6S2/c1-27-9-8-19-13-5-2-11(20(23)24)10-14(13)29-17(19)18-15(22)6-3-12-4-7-16(28-12)21(25)26/h2-7,10H,8-9H2,1H3/b6-3-,18-17?. The number of ether oxygens (including phenoxy) is 1. The van der Waals surface area contributed by atoms with Crippen LogP contribution >= 0.6 is 22.7 Å². The summed E-state index contributed by atoms with van der Waals surface area (Å²) >= 11 is 2.11. The summed E-state index contributed by atoms with van der Waals surface area (Å²) in [6.07, 6.45) is 2.68. The van der Waals surface area contributed by atoms with Crippen molar-refractivity contribution in [2.75, 3.05) is 13.7 Å². The molecule has 0 unspecified atom stereocenters. The first-order valence-corrected chi connectivity index (χ1v) is 9.80. The van der Waals surface area contributed by atoms with E-state index in [0.717, 1.165) is 22.7 Å². The van der Waals surface area contributed by atoms with Crippen molar-refractivity contribution in [3.05, 3.63) is 66.3 Å². The number of nitro benzene ring substituents is 1. The van der Waals surface area contributed by atoms with Gasteiger partial charge in [0.15, 0.2) is 4.80 Å². The highest BCUT2D eigenvalue weighted by atomic mass is 32.1. The van der Waals surface area contributed by atoms with E-state index in [2.05, 4.69) is 4.99 Å². The van der Waals surface area contributed by atoms with Gasteiger partial charge in [0.1, 0.15) is 0 Å². The maximum atomic E-state index is 12.3. The van der Waals surface area contributed by atoms with E-state index in [4.69, 9.17) is 4.74 Å². The topological polar surface area (TPSA) is 130 Å². The number of fused-ring (bicyclic) bond motifs is 1. The van der Waals surface area contributed by atoms with Crippen molar-refractivity contribution in [1.82, 2.24) is 4.57 Å². The van der Waals surface area contributed by atoms with Crippen LogP contribution in [0.5, 0.6) is 0 Å². The van der Waals surface area contributed by atoms with Crippen molar-refractivity contribution in [2.24, 2.45) is 4.99 Å². The van der Waals surface area contributed by atoms with E-state index in [9.17, 15) is 25.0 Å². The number of non-ortho nitro benzene ring substituents is 1. The molecule has 0 radical (unpaired) electrons. The van der Waals surface area contributed by atoms with Crippen LogP contribution in [0.15, 0.2) is 41.4 Å². The molecule has 2 aromatic heterocycles. The number of amides is 1. The Morgan fingerprint density at radius 1 is 1.21 bits per heavy atom. The average Bonchev–Trinajstić information content (AvgIpc) is 3.29. The third kappa shape index (κ3) is 4.80. The molecule has 0 saturated heterocycles. The molecule has 1 amide bonds. The van der Waals surface area contributed by atoms with E-state index < -0.39 is 15.8 Å². The molecule has 1 aromatic carbocycles. The molecule has 0 saturated carbocycles. The van der Waals surface area contributed by atoms with Gasteiger partial charge in [-0.05, 0) is 18.2 Å². The molecule has 3 aromatic rings. The summed E-state index contributed by atoms with van der Waals surface area (Å²) in [5, 5.41) is 21.7. The number of benzene rings is 1. The number of nitrogens with zero attached hydrogens (tertiary/aromatic N) is 4. The molecule has 0 aliphatic rings. The number of rotatable bonds is 7. The van der Waals surface area contributed by atoms with Gasteiger partial charge in [0.05, 0.1) is 26.7 Å². The molecular formula is C17H14N4O6S2. The van der Waals surface area contributed by atoms with Gasteiger partial charge >= 0.3 is 5.00 Å². The van der Waals surface area contributed by atoms with E-state index in [1.807, 2.05) is 0 Å². The van der Waals surface area contributed by atoms with Gasteiger partial charge in [0, 0.05) is 42.8 Å². The molecule has 0 N–H and O–H groups in total. The number of methoxy groups -OCH3 is 1. The number of aromatic nitrogens is 1. The number of thiophene rings is 1. The molecule has 3 rings (SSSR count). The van der Waals surface area contributed by atoms with Crippen LogP contribution in [0.1, 0.15) is 4.88 Å². The lowest BCUT2D eigenvalue weighted by molar-refractivity contribution is -0.384. The number of thiazole rings is 1. The van der Waals surface area contributed by atoms with Crippen molar-refractivity contribution in [3.8, 4) is 0 Å². The number of carbonyl (C=O) groups excluding carboxylic acids is 1. The van der Waals surface area contributed by atoms with Gasteiger partial charge in [-0.2, -0.15) is 4.99 Å². The number of carbonyl (C=O) groups is 1. The lowest BCUT2D eigenvalue weighted by atomic mass is 10.3. The van der Waals surface area contributed by atoms with Crippen molar-refractivity contribution in [2.45, 2.75) is 6.54 Å². The lowest BCUT2D eigenvalue weighted by Gasteiger charge is -2.03. The predicted molar refractivity (Wildman–Crippen MR) is 109 cm³/mol. The highest BCUT2D eigenvalue weighted by Crippen LogP contribution is 2.25. The number of hydrogen-bond acceptors (Lipinski definition) is 8. The summed E-state index contributed by atoms with van der Waals surface area (Å²) in [5.41, 5.74) is 0.664. The van der Waals surface area contributed by atoms with Crippen LogP contribution in [0.3, 0.4) is 0 Å². The predicted octanol–water partition coefficient (Wildman–Crippen LogP) is 3.37. The van der Waals surface area contributed by atoms with Crippen LogP contribution in [-0.2, 0) is 16.1 Å². The molecule has 0 aliphatic carbocycles. The molecule has 12 heteroatoms. The van der Waals surface area contributed by atoms with Crippen LogP contribution in [0.4, 0.5) is 10.7 Å². The Bertz CT molecular complexity index is 1190. The van der Waals surface area contributed by atoms with E-state index in [1.54, 1.807) is 23.8 Å². The van der Waals surface area contributed by atoms with E-state index in [1.165, 1.54) is 30.4 Å². The molecular weight excluding hydrogens is 420 g/mol. The van der Waals surface area contributed by atoms with Gasteiger partial charge in [0.2, 0.25) is 0 Å². The first kappa shape index (κ1) is 20.5. The number of nitro groups is 2. The molecule has 150 valence electrons. The minimum absolute atomic E-state index is 0.0162. The fraction of sp³-hybridized carbons (Fsp3) is 0.176. The molecule has 29 heavy (non-hydrogen) atoms. The zero-order valence-electron chi connectivity index (χ0n) is 15.0. The highest BCUT2D eigenvalue weighted by Gasteiger charge is 2.12. The van der Waals surface area contributed by atoms with Crippen molar-refractivity contribution in [3.63, 3.8) is 0 Å². The van der Waals surface area contributed by atoms with Crippen molar-refractivity contribution in [1.29, 1.82) is 0 Å². The van der Waals surface area contributed by atoms with Crippen LogP contribution in [0.25, 0.3) is 16.3 Å². The second-order valence-corrected chi connectivity index (χ2v) is 7.76. The van der Waals surface area contributed by atoms with E-state index >= 15 is 0 Å². The second-order valence-electron chi connectivity index (χ2n) is 5.65. The average molecular weight is 434 g/mol. The maximum absolute atomic E-state index is 12.3. The molecule has 0 fully saturated rings.